The van der Waals surface area contributed by atoms with Crippen molar-refractivity contribution in [2.24, 2.45) is 10.8 Å². The molecule has 0 saturated carbocycles. The molecular weight excluding hydrogens is 598 g/mol. The molecule has 232 valence electrons. The van der Waals surface area contributed by atoms with E-state index in [0.717, 1.165) is 21.1 Å². The molecule has 5 rings (SSSR count). The second-order valence-corrected chi connectivity index (χ2v) is 13.2. The number of nitrogens with two attached hydrogens (primary N) is 1. The Hall–Kier alpha value is -5.34. The zero-order valence-electron chi connectivity index (χ0n) is 25.9. The van der Waals surface area contributed by atoms with Crippen molar-refractivity contribution >= 4 is 51.1 Å². The molecule has 10 heteroatoms. The van der Waals surface area contributed by atoms with Gasteiger partial charge in [0.25, 0.3) is 0 Å². The number of primary amides is 1. The number of hydrogen-bond acceptors (Lipinski definition) is 5. The summed E-state index contributed by atoms with van der Waals surface area (Å²) in [4.78, 5) is 13.0. The Morgan fingerprint density at radius 3 is 2.20 bits per heavy atom. The van der Waals surface area contributed by atoms with Crippen LogP contribution in [0.1, 0.15) is 54.7 Å². The average molecular weight is 633 g/mol. The van der Waals surface area contributed by atoms with E-state index in [1.54, 1.807) is 69.3 Å². The molecule has 1 atom stereocenters. The van der Waals surface area contributed by atoms with E-state index in [1.807, 2.05) is 73.8 Å². The van der Waals surface area contributed by atoms with E-state index in [4.69, 9.17) is 10.8 Å². The number of amides is 1. The number of quaternary nitrogens is 1. The number of allylic oxidation sites excluding steroid dienone is 1. The molecule has 9 nitrogen and oxygen atoms in total. The van der Waals surface area contributed by atoms with Gasteiger partial charge in [-0.2, -0.15) is 13.7 Å². The second-order valence-electron chi connectivity index (χ2n) is 11.9. The van der Waals surface area contributed by atoms with Crippen molar-refractivity contribution in [2.45, 2.75) is 33.2 Å². The Labute approximate surface area is 269 Å². The van der Waals surface area contributed by atoms with E-state index in [0.29, 0.717) is 28.1 Å². The molecule has 46 heavy (non-hydrogen) atoms. The highest BCUT2D eigenvalue weighted by Gasteiger charge is 2.38. The van der Waals surface area contributed by atoms with Crippen molar-refractivity contribution in [3.8, 4) is 17.2 Å². The van der Waals surface area contributed by atoms with Crippen LogP contribution in [-0.4, -0.2) is 30.1 Å². The maximum absolute atomic E-state index is 13.0. The fourth-order valence-electron chi connectivity index (χ4n) is 5.61. The molecule has 4 aromatic rings. The van der Waals surface area contributed by atoms with Gasteiger partial charge >= 0.3 is 10.3 Å². The number of nitriles is 1. The lowest BCUT2D eigenvalue weighted by molar-refractivity contribution is 0.100. The lowest BCUT2D eigenvalue weighted by Crippen LogP contribution is -2.45. The third-order valence-electron chi connectivity index (χ3n) is 7.57. The molecule has 0 saturated heterocycles. The summed E-state index contributed by atoms with van der Waals surface area (Å²) in [7, 11) is -4.69. The molecule has 0 radical (unpaired) electrons. The summed E-state index contributed by atoms with van der Waals surface area (Å²) in [5, 5.41) is 15.0. The standard InChI is InChI=1S/C36H33N5O4S/c1-25-20-21-41(39-25,29-17-16-27(28(22-29)24-37)15-14-26-10-6-5-7-11-26)30-18-19-31(33(23-30)35(38)42)32-12-8-9-13-34(32)40(36(2,3)4)46(43,44)45/h5-23H,1-4H3,(H2-,38,42,43,44,45)/p+1. The minimum Gasteiger partial charge on any atom is -0.366 e. The Kier molecular flexibility index (Phi) is 8.52. The summed E-state index contributed by atoms with van der Waals surface area (Å²) in [5.41, 5.74) is 10.2. The summed E-state index contributed by atoms with van der Waals surface area (Å²) in [5.74, 6) is -0.734. The van der Waals surface area contributed by atoms with Gasteiger partial charge in [-0.1, -0.05) is 65.8 Å². The average Bonchev–Trinajstić information content (AvgIpc) is 3.41. The van der Waals surface area contributed by atoms with Gasteiger partial charge in [-0.3, -0.25) is 9.35 Å². The lowest BCUT2D eigenvalue weighted by Gasteiger charge is -2.35. The van der Waals surface area contributed by atoms with Gasteiger partial charge < -0.3 is 5.73 Å². The predicted molar refractivity (Wildman–Crippen MR) is 184 cm³/mol. The number of hydrogen-bond donors (Lipinski definition) is 2. The van der Waals surface area contributed by atoms with E-state index in [-0.39, 0.29) is 15.8 Å². The molecule has 0 aliphatic carbocycles. The number of nitrogens with zero attached hydrogens (tertiary/aromatic N) is 4. The van der Waals surface area contributed by atoms with Crippen molar-refractivity contribution in [1.29, 1.82) is 5.26 Å². The largest absolute Gasteiger partial charge is 0.366 e. The quantitative estimate of drug-likeness (QED) is 0.118. The molecule has 0 fully saturated rings. The Bertz CT molecular complexity index is 2070. The molecule has 0 bridgehead atoms. The van der Waals surface area contributed by atoms with Crippen LogP contribution in [0.25, 0.3) is 23.3 Å². The van der Waals surface area contributed by atoms with Crippen molar-refractivity contribution in [3.05, 3.63) is 126 Å². The fraction of sp³-hybridized carbons (Fsp3) is 0.139. The monoisotopic (exact) mass is 632 g/mol. The molecule has 1 heterocycles. The van der Waals surface area contributed by atoms with Crippen LogP contribution in [0, 0.1) is 11.3 Å². The first-order valence-electron chi connectivity index (χ1n) is 14.5. The van der Waals surface area contributed by atoms with Crippen molar-refractivity contribution in [1.82, 2.24) is 4.59 Å². The molecule has 1 aliphatic heterocycles. The van der Waals surface area contributed by atoms with Crippen LogP contribution in [0.4, 0.5) is 17.1 Å². The van der Waals surface area contributed by atoms with Crippen LogP contribution in [0.2, 0.25) is 0 Å². The van der Waals surface area contributed by atoms with Crippen LogP contribution in [0.3, 0.4) is 0 Å². The SMILES string of the molecule is CC1=N[N+](c2ccc(C=Cc3ccccc3)c(C#N)c2)(c2ccc(-c3ccccc3N(C(C)(C)C)S(=O)(=O)O)c(C(N)=O)c2)C=C1. The Morgan fingerprint density at radius 1 is 0.935 bits per heavy atom. The minimum atomic E-state index is -4.69. The normalized spacial score (nSPS) is 16.3. The van der Waals surface area contributed by atoms with Gasteiger partial charge in [-0.15, -0.1) is 4.59 Å². The highest BCUT2D eigenvalue weighted by Crippen LogP contribution is 2.43. The molecule has 4 aromatic carbocycles. The summed E-state index contributed by atoms with van der Waals surface area (Å²) in [6.07, 6.45) is 7.55. The fourth-order valence-corrected chi connectivity index (χ4v) is 6.71. The van der Waals surface area contributed by atoms with Crippen molar-refractivity contribution in [3.63, 3.8) is 0 Å². The second kappa shape index (κ2) is 12.2. The van der Waals surface area contributed by atoms with Gasteiger partial charge in [-0.25, -0.2) is 4.31 Å². The smallest absolute Gasteiger partial charge is 0.360 e. The van der Waals surface area contributed by atoms with E-state index < -0.39 is 21.8 Å². The topological polar surface area (TPSA) is 137 Å². The van der Waals surface area contributed by atoms with E-state index in [9.17, 15) is 23.0 Å². The third kappa shape index (κ3) is 6.25. The number of para-hydroxylation sites is 1. The summed E-state index contributed by atoms with van der Waals surface area (Å²) in [6.45, 7) is 6.82. The zero-order chi connectivity index (χ0) is 33.3. The molecule has 1 aliphatic rings. The first kappa shape index (κ1) is 32.1. The Balaban J connectivity index is 1.66. The van der Waals surface area contributed by atoms with E-state index in [1.165, 1.54) is 0 Å². The maximum atomic E-state index is 13.0. The number of benzene rings is 4. The molecule has 0 aromatic heterocycles. The van der Waals surface area contributed by atoms with E-state index >= 15 is 0 Å². The zero-order valence-corrected chi connectivity index (χ0v) is 26.7. The van der Waals surface area contributed by atoms with Crippen molar-refractivity contribution in [2.75, 3.05) is 4.31 Å². The molecular formula is C36H34N5O4S+. The first-order valence-corrected chi connectivity index (χ1v) is 15.9. The van der Waals surface area contributed by atoms with Crippen molar-refractivity contribution < 1.29 is 17.8 Å². The molecule has 0 spiro atoms. The first-order chi connectivity index (χ1) is 21.7. The summed E-state index contributed by atoms with van der Waals surface area (Å²) >= 11 is 0. The maximum Gasteiger partial charge on any atom is 0.360 e. The number of carbonyl (C=O) groups is 1. The summed E-state index contributed by atoms with van der Waals surface area (Å²) in [6, 6.07) is 29.3. The number of carbonyl (C=O) groups excluding carboxylic acids is 1. The molecule has 3 N–H and O–H groups in total. The van der Waals surface area contributed by atoms with Gasteiger partial charge in [0, 0.05) is 41.4 Å². The van der Waals surface area contributed by atoms with E-state index in [2.05, 4.69) is 6.07 Å². The molecule has 1 amide bonds. The van der Waals surface area contributed by atoms with Crippen LogP contribution >= 0.6 is 0 Å². The van der Waals surface area contributed by atoms with Crippen LogP contribution in [0.5, 0.6) is 0 Å². The van der Waals surface area contributed by atoms with Gasteiger partial charge in [0.1, 0.15) is 6.20 Å². The Morgan fingerprint density at radius 2 is 1.59 bits per heavy atom. The predicted octanol–water partition coefficient (Wildman–Crippen LogP) is 7.44. The van der Waals surface area contributed by atoms with Crippen LogP contribution in [0.15, 0.2) is 108 Å². The van der Waals surface area contributed by atoms with Crippen LogP contribution < -0.4 is 14.6 Å². The summed E-state index contributed by atoms with van der Waals surface area (Å²) < 4.78 is 36.1. The number of anilines is 1. The highest BCUT2D eigenvalue weighted by molar-refractivity contribution is 7.87. The molecule has 1 unspecified atom stereocenters. The third-order valence-corrected chi connectivity index (χ3v) is 8.77. The van der Waals surface area contributed by atoms with Gasteiger partial charge in [0.2, 0.25) is 5.91 Å². The lowest BCUT2D eigenvalue weighted by atomic mass is 9.95. The van der Waals surface area contributed by atoms with Gasteiger partial charge in [-0.05, 0) is 62.6 Å². The number of rotatable bonds is 8. The van der Waals surface area contributed by atoms with Gasteiger partial charge in [0.15, 0.2) is 11.4 Å². The van der Waals surface area contributed by atoms with Crippen LogP contribution in [-0.2, 0) is 10.3 Å². The highest BCUT2D eigenvalue weighted by atomic mass is 32.2. The minimum absolute atomic E-state index is 0.128. The van der Waals surface area contributed by atoms with Gasteiger partial charge in [0.05, 0.1) is 28.6 Å².